The molecule has 2 amide bonds. The quantitative estimate of drug-likeness (QED) is 0.914. The number of urea groups is 1. The van der Waals surface area contributed by atoms with Crippen LogP contribution in [0.3, 0.4) is 0 Å². The Morgan fingerprint density at radius 2 is 1.92 bits per heavy atom. The fourth-order valence-electron chi connectivity index (χ4n) is 4.10. The number of likely N-dealkylation sites (tertiary alicyclic amines) is 1. The Hall–Kier alpha value is -1.66. The molecule has 0 unspecified atom stereocenters. The third-order valence-electron chi connectivity index (χ3n) is 5.79. The van der Waals surface area contributed by atoms with E-state index in [0.29, 0.717) is 37.8 Å². The highest BCUT2D eigenvalue weighted by atomic mass is 19.1. The molecule has 0 spiro atoms. The van der Waals surface area contributed by atoms with E-state index in [0.717, 1.165) is 19.3 Å². The molecule has 4 rings (SSSR count). The van der Waals surface area contributed by atoms with Crippen molar-refractivity contribution in [1.82, 2.24) is 10.2 Å². The monoisotopic (exact) mass is 348 g/mol. The molecule has 2 atom stereocenters. The highest BCUT2D eigenvalue weighted by Crippen LogP contribution is 2.42. The minimum Gasteiger partial charge on any atom is -0.348 e. The molecule has 0 aromatic heterocycles. The van der Waals surface area contributed by atoms with Gasteiger partial charge in [0.15, 0.2) is 5.79 Å². The van der Waals surface area contributed by atoms with Gasteiger partial charge >= 0.3 is 6.03 Å². The van der Waals surface area contributed by atoms with E-state index < -0.39 is 5.79 Å². The number of rotatable bonds is 3. The number of ether oxygens (including phenoxy) is 2. The largest absolute Gasteiger partial charge is 0.348 e. The second-order valence-electron chi connectivity index (χ2n) is 7.39. The average Bonchev–Trinajstić information content (AvgIpc) is 3.23. The van der Waals surface area contributed by atoms with Crippen LogP contribution >= 0.6 is 0 Å². The Balaban J connectivity index is 1.27. The number of piperidine rings is 1. The minimum absolute atomic E-state index is 0.0410. The van der Waals surface area contributed by atoms with Crippen molar-refractivity contribution in [1.29, 1.82) is 0 Å². The maximum atomic E-state index is 13.8. The van der Waals surface area contributed by atoms with Gasteiger partial charge in [0.1, 0.15) is 5.82 Å². The van der Waals surface area contributed by atoms with Gasteiger partial charge < -0.3 is 19.7 Å². The van der Waals surface area contributed by atoms with Gasteiger partial charge in [-0.25, -0.2) is 9.18 Å². The molecule has 1 aliphatic carbocycles. The summed E-state index contributed by atoms with van der Waals surface area (Å²) < 4.78 is 25.3. The molecule has 1 N–H and O–H groups in total. The van der Waals surface area contributed by atoms with Gasteiger partial charge in [0.2, 0.25) is 0 Å². The summed E-state index contributed by atoms with van der Waals surface area (Å²) in [6.45, 7) is 4.71. The van der Waals surface area contributed by atoms with Crippen LogP contribution in [0, 0.1) is 11.7 Å². The SMILES string of the molecule is CC1(C2CCN(C(=O)N[C@H]3C[C@@H]3c3ccccc3F)CC2)OCCO1. The first-order valence-corrected chi connectivity index (χ1v) is 9.14. The van der Waals surface area contributed by atoms with E-state index in [1.807, 2.05) is 17.9 Å². The van der Waals surface area contributed by atoms with E-state index in [-0.39, 0.29) is 23.8 Å². The first-order chi connectivity index (χ1) is 12.1. The van der Waals surface area contributed by atoms with Gasteiger partial charge in [0.05, 0.1) is 13.2 Å². The lowest BCUT2D eigenvalue weighted by Gasteiger charge is -2.39. The molecule has 2 aliphatic heterocycles. The van der Waals surface area contributed by atoms with E-state index in [9.17, 15) is 9.18 Å². The molecular formula is C19H25FN2O3. The van der Waals surface area contributed by atoms with Crippen LogP contribution < -0.4 is 5.32 Å². The summed E-state index contributed by atoms with van der Waals surface area (Å²) in [6.07, 6.45) is 2.57. The lowest BCUT2D eigenvalue weighted by molar-refractivity contribution is -0.189. The van der Waals surface area contributed by atoms with Gasteiger partial charge in [0, 0.05) is 31.0 Å². The molecular weight excluding hydrogens is 323 g/mol. The molecule has 2 heterocycles. The van der Waals surface area contributed by atoms with E-state index in [1.165, 1.54) is 6.07 Å². The number of nitrogens with one attached hydrogen (secondary N) is 1. The first kappa shape index (κ1) is 16.8. The van der Waals surface area contributed by atoms with Gasteiger partial charge in [-0.3, -0.25) is 0 Å². The molecule has 1 aromatic rings. The molecule has 6 heteroatoms. The number of nitrogens with zero attached hydrogens (tertiary/aromatic N) is 1. The second kappa shape index (κ2) is 6.57. The molecule has 2 saturated heterocycles. The van der Waals surface area contributed by atoms with Crippen molar-refractivity contribution < 1.29 is 18.7 Å². The smallest absolute Gasteiger partial charge is 0.317 e. The predicted octanol–water partition coefficient (Wildman–Crippen LogP) is 2.87. The average molecular weight is 348 g/mol. The third kappa shape index (κ3) is 3.37. The Kier molecular flexibility index (Phi) is 4.41. The zero-order chi connectivity index (χ0) is 17.4. The number of carbonyl (C=O) groups excluding carboxylic acids is 1. The summed E-state index contributed by atoms with van der Waals surface area (Å²) in [5.74, 6) is -0.252. The van der Waals surface area contributed by atoms with Crippen molar-refractivity contribution >= 4 is 6.03 Å². The number of hydrogen-bond donors (Lipinski definition) is 1. The summed E-state index contributed by atoms with van der Waals surface area (Å²) in [5, 5.41) is 3.05. The second-order valence-corrected chi connectivity index (χ2v) is 7.39. The molecule has 1 aromatic carbocycles. The van der Waals surface area contributed by atoms with Gasteiger partial charge in [0.25, 0.3) is 0 Å². The van der Waals surface area contributed by atoms with Gasteiger partial charge in [-0.15, -0.1) is 0 Å². The summed E-state index contributed by atoms with van der Waals surface area (Å²) >= 11 is 0. The Bertz CT molecular complexity index is 639. The van der Waals surface area contributed by atoms with E-state index in [1.54, 1.807) is 12.1 Å². The van der Waals surface area contributed by atoms with E-state index >= 15 is 0 Å². The van der Waals surface area contributed by atoms with Crippen molar-refractivity contribution in [3.05, 3.63) is 35.6 Å². The number of benzene rings is 1. The summed E-state index contributed by atoms with van der Waals surface area (Å²) in [4.78, 5) is 14.3. The lowest BCUT2D eigenvalue weighted by atomic mass is 9.89. The number of amides is 2. The maximum Gasteiger partial charge on any atom is 0.317 e. The number of hydrogen-bond acceptors (Lipinski definition) is 3. The van der Waals surface area contributed by atoms with Crippen molar-refractivity contribution in [3.8, 4) is 0 Å². The van der Waals surface area contributed by atoms with Crippen LogP contribution in [0.25, 0.3) is 0 Å². The molecule has 1 saturated carbocycles. The molecule has 0 radical (unpaired) electrons. The summed E-state index contributed by atoms with van der Waals surface area (Å²) in [7, 11) is 0. The Labute approximate surface area is 147 Å². The van der Waals surface area contributed by atoms with Crippen molar-refractivity contribution in [2.45, 2.75) is 43.9 Å². The minimum atomic E-state index is -0.491. The van der Waals surface area contributed by atoms with Crippen LogP contribution in [0.5, 0.6) is 0 Å². The first-order valence-electron chi connectivity index (χ1n) is 9.14. The summed E-state index contributed by atoms with van der Waals surface area (Å²) in [5.41, 5.74) is 0.704. The molecule has 0 bridgehead atoms. The summed E-state index contributed by atoms with van der Waals surface area (Å²) in [6, 6.07) is 6.82. The van der Waals surface area contributed by atoms with Crippen LogP contribution in [-0.4, -0.2) is 49.1 Å². The zero-order valence-electron chi connectivity index (χ0n) is 14.5. The maximum absolute atomic E-state index is 13.8. The van der Waals surface area contributed by atoms with Gasteiger partial charge in [-0.05, 0) is 37.8 Å². The molecule has 3 fully saturated rings. The molecule has 25 heavy (non-hydrogen) atoms. The van der Waals surface area contributed by atoms with Crippen molar-refractivity contribution in [2.75, 3.05) is 26.3 Å². The van der Waals surface area contributed by atoms with Crippen LogP contribution in [-0.2, 0) is 9.47 Å². The lowest BCUT2D eigenvalue weighted by Crippen LogP contribution is -2.49. The van der Waals surface area contributed by atoms with Crippen molar-refractivity contribution in [2.24, 2.45) is 5.92 Å². The third-order valence-corrected chi connectivity index (χ3v) is 5.79. The standard InChI is InChI=1S/C19H25FN2O3/c1-19(24-10-11-25-19)13-6-8-22(9-7-13)18(23)21-17-12-15(17)14-4-2-3-5-16(14)20/h2-5,13,15,17H,6-12H2,1H3,(H,21,23)/t15-,17+/m1/s1. The van der Waals surface area contributed by atoms with Crippen LogP contribution in [0.2, 0.25) is 0 Å². The number of halogens is 1. The topological polar surface area (TPSA) is 50.8 Å². The molecule has 3 aliphatic rings. The molecule has 136 valence electrons. The fourth-order valence-corrected chi connectivity index (χ4v) is 4.10. The number of carbonyl (C=O) groups is 1. The Morgan fingerprint density at radius 1 is 1.24 bits per heavy atom. The van der Waals surface area contributed by atoms with E-state index in [2.05, 4.69) is 5.32 Å². The van der Waals surface area contributed by atoms with Crippen LogP contribution in [0.1, 0.15) is 37.7 Å². The fraction of sp³-hybridized carbons (Fsp3) is 0.632. The van der Waals surface area contributed by atoms with Crippen LogP contribution in [0.15, 0.2) is 24.3 Å². The zero-order valence-corrected chi connectivity index (χ0v) is 14.5. The van der Waals surface area contributed by atoms with Gasteiger partial charge in [-0.2, -0.15) is 0 Å². The van der Waals surface area contributed by atoms with Crippen LogP contribution in [0.4, 0.5) is 9.18 Å². The Morgan fingerprint density at radius 3 is 2.60 bits per heavy atom. The van der Waals surface area contributed by atoms with Crippen molar-refractivity contribution in [3.63, 3.8) is 0 Å². The normalized spacial score (nSPS) is 28.8. The predicted molar refractivity (Wildman–Crippen MR) is 90.7 cm³/mol. The highest BCUT2D eigenvalue weighted by molar-refractivity contribution is 5.75. The molecule has 5 nitrogen and oxygen atoms in total. The van der Waals surface area contributed by atoms with Gasteiger partial charge in [-0.1, -0.05) is 18.2 Å². The van der Waals surface area contributed by atoms with E-state index in [4.69, 9.17) is 9.47 Å². The highest BCUT2D eigenvalue weighted by Gasteiger charge is 2.44.